The van der Waals surface area contributed by atoms with E-state index in [1.165, 1.54) is 12.1 Å². The summed E-state index contributed by atoms with van der Waals surface area (Å²) < 4.78 is 18.5. The zero-order chi connectivity index (χ0) is 19.1. The van der Waals surface area contributed by atoms with Gasteiger partial charge in [-0.05, 0) is 29.8 Å². The number of hydrogen-bond acceptors (Lipinski definition) is 4. The number of hydrogen-bond donors (Lipinski definition) is 3. The summed E-state index contributed by atoms with van der Waals surface area (Å²) in [4.78, 5) is 11.8. The molecule has 0 saturated heterocycles. The van der Waals surface area contributed by atoms with Crippen LogP contribution >= 0.6 is 23.2 Å². The Bertz CT molecular complexity index is 785. The molecular formula is C18H17Cl2FN2O3. The lowest BCUT2D eigenvalue weighted by molar-refractivity contribution is -0.122. The van der Waals surface area contributed by atoms with E-state index < -0.39 is 17.8 Å². The van der Waals surface area contributed by atoms with E-state index in [0.29, 0.717) is 10.6 Å². The fraction of sp³-hybridized carbons (Fsp3) is 0.167. The zero-order valence-corrected chi connectivity index (χ0v) is 15.1. The zero-order valence-electron chi connectivity index (χ0n) is 13.6. The number of carbonyl (C=O) groups excluding carboxylic acids is 1. The molecule has 1 amide bonds. The predicted molar refractivity (Wildman–Crippen MR) is 98.6 cm³/mol. The number of rotatable bonds is 8. The highest BCUT2D eigenvalue weighted by molar-refractivity contribution is 6.30. The predicted octanol–water partition coefficient (Wildman–Crippen LogP) is 3.42. The van der Waals surface area contributed by atoms with Gasteiger partial charge in [-0.2, -0.15) is 0 Å². The minimum absolute atomic E-state index is 0.0291. The van der Waals surface area contributed by atoms with Crippen molar-refractivity contribution in [1.82, 2.24) is 10.6 Å². The molecule has 0 radical (unpaired) electrons. The Hall–Kier alpha value is -2.28. The van der Waals surface area contributed by atoms with Crippen molar-refractivity contribution in [3.8, 4) is 5.75 Å². The Balaban J connectivity index is 1.73. The molecular weight excluding hydrogens is 382 g/mol. The van der Waals surface area contributed by atoms with Gasteiger partial charge in [-0.3, -0.25) is 4.79 Å². The van der Waals surface area contributed by atoms with Gasteiger partial charge in [0, 0.05) is 17.6 Å². The Morgan fingerprint density at radius 1 is 1.23 bits per heavy atom. The van der Waals surface area contributed by atoms with Gasteiger partial charge in [-0.1, -0.05) is 41.9 Å². The van der Waals surface area contributed by atoms with Crippen LogP contribution in [0.1, 0.15) is 11.7 Å². The van der Waals surface area contributed by atoms with Crippen molar-refractivity contribution in [3.05, 3.63) is 76.3 Å². The van der Waals surface area contributed by atoms with Crippen LogP contribution in [-0.4, -0.2) is 24.2 Å². The molecule has 2 aromatic carbocycles. The maximum Gasteiger partial charge on any atom is 0.263 e. The van der Waals surface area contributed by atoms with Gasteiger partial charge in [0.25, 0.3) is 5.91 Å². The molecule has 0 fully saturated rings. The summed E-state index contributed by atoms with van der Waals surface area (Å²) in [5.41, 5.74) is 0.675. The Labute approximate surface area is 160 Å². The fourth-order valence-corrected chi connectivity index (χ4v) is 2.23. The summed E-state index contributed by atoms with van der Waals surface area (Å²) in [6.45, 7) is 3.46. The molecule has 2 aromatic rings. The van der Waals surface area contributed by atoms with Crippen molar-refractivity contribution in [2.75, 3.05) is 13.2 Å². The number of ether oxygens (including phenoxy) is 1. The van der Waals surface area contributed by atoms with Crippen molar-refractivity contribution in [2.24, 2.45) is 0 Å². The number of aliphatic hydroxyl groups excluding tert-OH is 1. The lowest BCUT2D eigenvalue weighted by Crippen LogP contribution is -2.35. The van der Waals surface area contributed by atoms with Crippen molar-refractivity contribution in [3.63, 3.8) is 0 Å². The summed E-state index contributed by atoms with van der Waals surface area (Å²) >= 11 is 11.4. The first kappa shape index (κ1) is 20.0. The van der Waals surface area contributed by atoms with E-state index in [1.54, 1.807) is 24.3 Å². The lowest BCUT2D eigenvalue weighted by atomic mass is 10.1. The number of nitrogens with one attached hydrogen (secondary N) is 2. The molecule has 0 bridgehead atoms. The minimum Gasteiger partial charge on any atom is -0.484 e. The topological polar surface area (TPSA) is 70.6 Å². The van der Waals surface area contributed by atoms with Gasteiger partial charge in [-0.15, -0.1) is 0 Å². The van der Waals surface area contributed by atoms with E-state index in [0.717, 1.165) is 6.07 Å². The van der Waals surface area contributed by atoms with Gasteiger partial charge in [0.1, 0.15) is 11.6 Å². The largest absolute Gasteiger partial charge is 0.484 e. The molecule has 8 heteroatoms. The second kappa shape index (κ2) is 9.43. The molecule has 1 unspecified atom stereocenters. The summed E-state index contributed by atoms with van der Waals surface area (Å²) in [6, 6.07) is 10.6. The van der Waals surface area contributed by atoms with Crippen LogP contribution in [0.3, 0.4) is 0 Å². The van der Waals surface area contributed by atoms with Crippen LogP contribution in [0.5, 0.6) is 5.75 Å². The number of aliphatic hydroxyl groups is 1. The smallest absolute Gasteiger partial charge is 0.263 e. The first-order valence-corrected chi connectivity index (χ1v) is 8.34. The standard InChI is InChI=1S/C18H17Cl2FN2O3/c1-11(22-9-17(24)12-2-4-13(19)5-3-12)23-18(25)10-26-14-6-7-15(20)16(21)8-14/h2-8,17,22,24H,1,9-10H2,(H,23,25). The van der Waals surface area contributed by atoms with Crippen LogP contribution in [0.4, 0.5) is 4.39 Å². The van der Waals surface area contributed by atoms with Crippen LogP contribution in [0, 0.1) is 5.82 Å². The first-order valence-electron chi connectivity index (χ1n) is 7.59. The number of amides is 1. The molecule has 0 heterocycles. The Kier molecular flexibility index (Phi) is 7.26. The van der Waals surface area contributed by atoms with Gasteiger partial charge in [-0.25, -0.2) is 4.39 Å². The molecule has 26 heavy (non-hydrogen) atoms. The quantitative estimate of drug-likeness (QED) is 0.636. The van der Waals surface area contributed by atoms with Crippen molar-refractivity contribution in [1.29, 1.82) is 0 Å². The van der Waals surface area contributed by atoms with Crippen LogP contribution in [0.25, 0.3) is 0 Å². The van der Waals surface area contributed by atoms with E-state index in [9.17, 15) is 14.3 Å². The second-order valence-corrected chi connectivity index (χ2v) is 6.18. The Morgan fingerprint density at radius 2 is 1.92 bits per heavy atom. The molecule has 0 saturated carbocycles. The first-order chi connectivity index (χ1) is 12.3. The molecule has 0 aliphatic carbocycles. The normalized spacial score (nSPS) is 11.5. The molecule has 3 N–H and O–H groups in total. The van der Waals surface area contributed by atoms with Gasteiger partial charge in [0.05, 0.1) is 16.9 Å². The van der Waals surface area contributed by atoms with Crippen LogP contribution < -0.4 is 15.4 Å². The van der Waals surface area contributed by atoms with Crippen molar-refractivity contribution < 1.29 is 19.0 Å². The SMILES string of the molecule is C=C(NCC(O)c1ccc(Cl)cc1)NC(=O)COc1ccc(Cl)c(F)c1. The molecule has 0 aliphatic heterocycles. The van der Waals surface area contributed by atoms with Crippen molar-refractivity contribution in [2.45, 2.75) is 6.10 Å². The third-order valence-corrected chi connectivity index (χ3v) is 3.87. The highest BCUT2D eigenvalue weighted by Crippen LogP contribution is 2.20. The van der Waals surface area contributed by atoms with Gasteiger partial charge >= 0.3 is 0 Å². The molecule has 1 atom stereocenters. The van der Waals surface area contributed by atoms with E-state index in [4.69, 9.17) is 27.9 Å². The summed E-state index contributed by atoms with van der Waals surface area (Å²) in [5.74, 6) is -0.738. The summed E-state index contributed by atoms with van der Waals surface area (Å²) in [7, 11) is 0. The molecule has 0 aromatic heterocycles. The number of halogens is 3. The fourth-order valence-electron chi connectivity index (χ4n) is 1.99. The lowest BCUT2D eigenvalue weighted by Gasteiger charge is -2.15. The molecule has 2 rings (SSSR count). The van der Waals surface area contributed by atoms with E-state index in [2.05, 4.69) is 17.2 Å². The summed E-state index contributed by atoms with van der Waals surface area (Å²) in [5, 5.41) is 15.9. The maximum atomic E-state index is 13.3. The van der Waals surface area contributed by atoms with E-state index >= 15 is 0 Å². The van der Waals surface area contributed by atoms with Gasteiger partial charge in [0.2, 0.25) is 0 Å². The van der Waals surface area contributed by atoms with Crippen molar-refractivity contribution >= 4 is 29.1 Å². The van der Waals surface area contributed by atoms with E-state index in [1.807, 2.05) is 0 Å². The van der Waals surface area contributed by atoms with Crippen LogP contribution in [0.15, 0.2) is 54.9 Å². The average Bonchev–Trinajstić information content (AvgIpc) is 2.61. The molecule has 138 valence electrons. The van der Waals surface area contributed by atoms with Crippen LogP contribution in [0.2, 0.25) is 10.0 Å². The maximum absolute atomic E-state index is 13.3. The second-order valence-electron chi connectivity index (χ2n) is 5.34. The van der Waals surface area contributed by atoms with E-state index in [-0.39, 0.29) is 29.7 Å². The highest BCUT2D eigenvalue weighted by Gasteiger charge is 2.10. The molecule has 0 spiro atoms. The Morgan fingerprint density at radius 3 is 2.58 bits per heavy atom. The minimum atomic E-state index is -0.797. The molecule has 5 nitrogen and oxygen atoms in total. The van der Waals surface area contributed by atoms with Crippen LogP contribution in [-0.2, 0) is 4.79 Å². The van der Waals surface area contributed by atoms with Gasteiger partial charge < -0.3 is 20.5 Å². The molecule has 0 aliphatic rings. The average molecular weight is 399 g/mol. The third kappa shape index (κ3) is 6.22. The number of carbonyl (C=O) groups is 1. The summed E-state index contributed by atoms with van der Waals surface area (Å²) in [6.07, 6.45) is -0.797. The number of benzene rings is 2. The highest BCUT2D eigenvalue weighted by atomic mass is 35.5. The van der Waals surface area contributed by atoms with Gasteiger partial charge in [0.15, 0.2) is 6.61 Å². The monoisotopic (exact) mass is 398 g/mol. The third-order valence-electron chi connectivity index (χ3n) is 3.31.